The second-order valence-corrected chi connectivity index (χ2v) is 7.75. The van der Waals surface area contributed by atoms with Gasteiger partial charge in [-0.3, -0.25) is 9.59 Å². The summed E-state index contributed by atoms with van der Waals surface area (Å²) >= 11 is 6.25. The Morgan fingerprint density at radius 2 is 2.03 bits per heavy atom. The van der Waals surface area contributed by atoms with E-state index in [2.05, 4.69) is 27.5 Å². The molecule has 1 saturated heterocycles. The third-order valence-electron chi connectivity index (χ3n) is 5.30. The third kappa shape index (κ3) is 3.71. The summed E-state index contributed by atoms with van der Waals surface area (Å²) in [6.45, 7) is 3.40. The smallest absolute Gasteiger partial charge is 0.211 e. The second kappa shape index (κ2) is 7.85. The molecule has 29 heavy (non-hydrogen) atoms. The fourth-order valence-corrected chi connectivity index (χ4v) is 3.84. The standard InChI is InChI=1S/C21H21ClN4O3/c1-21(6-8-29-9-7-21)26-18-16(25-12-27)11-24-20-17(18)14(10-23-20)19(28)13-4-2-3-5-15(13)22/h2-5,10-12H,6-9H2,1H3,(H,25,27)(H2,23,24,26). The molecular formula is C21H21ClN4O3. The van der Waals surface area contributed by atoms with Gasteiger partial charge in [-0.2, -0.15) is 0 Å². The number of hydrogen-bond acceptors (Lipinski definition) is 5. The van der Waals surface area contributed by atoms with Crippen molar-refractivity contribution in [2.75, 3.05) is 23.8 Å². The second-order valence-electron chi connectivity index (χ2n) is 7.34. The Hall–Kier alpha value is -2.90. The summed E-state index contributed by atoms with van der Waals surface area (Å²) < 4.78 is 5.49. The number of halogens is 1. The van der Waals surface area contributed by atoms with E-state index in [4.69, 9.17) is 16.3 Å². The summed E-state index contributed by atoms with van der Waals surface area (Å²) in [5.41, 5.74) is 2.32. The zero-order chi connectivity index (χ0) is 20.4. The average molecular weight is 413 g/mol. The van der Waals surface area contributed by atoms with Gasteiger partial charge in [-0.25, -0.2) is 4.98 Å². The van der Waals surface area contributed by atoms with Gasteiger partial charge in [0, 0.05) is 30.5 Å². The molecule has 3 N–H and O–H groups in total. The molecule has 0 bridgehead atoms. The number of anilines is 2. The molecule has 7 nitrogen and oxygen atoms in total. The number of nitrogens with one attached hydrogen (secondary N) is 3. The Kier molecular flexibility index (Phi) is 5.25. The summed E-state index contributed by atoms with van der Waals surface area (Å²) in [7, 11) is 0. The molecule has 0 aliphatic carbocycles. The molecule has 150 valence electrons. The molecule has 0 saturated carbocycles. The van der Waals surface area contributed by atoms with E-state index in [9.17, 15) is 9.59 Å². The first-order valence-corrected chi connectivity index (χ1v) is 9.76. The number of carbonyl (C=O) groups is 2. The summed E-state index contributed by atoms with van der Waals surface area (Å²) in [6, 6.07) is 6.93. The lowest BCUT2D eigenvalue weighted by molar-refractivity contribution is -0.105. The highest BCUT2D eigenvalue weighted by Gasteiger charge is 2.30. The van der Waals surface area contributed by atoms with Gasteiger partial charge in [-0.1, -0.05) is 23.7 Å². The number of aromatic nitrogens is 2. The molecule has 0 unspecified atom stereocenters. The number of H-pyrrole nitrogens is 1. The first-order valence-electron chi connectivity index (χ1n) is 9.38. The number of ether oxygens (including phenoxy) is 1. The maximum atomic E-state index is 13.3. The van der Waals surface area contributed by atoms with Crippen LogP contribution in [0.3, 0.4) is 0 Å². The summed E-state index contributed by atoms with van der Waals surface area (Å²) in [5.74, 6) is -0.216. The normalized spacial score (nSPS) is 15.8. The van der Waals surface area contributed by atoms with Crippen LogP contribution in [0.15, 0.2) is 36.7 Å². The van der Waals surface area contributed by atoms with Crippen molar-refractivity contribution in [3.63, 3.8) is 0 Å². The van der Waals surface area contributed by atoms with Crippen molar-refractivity contribution in [3.8, 4) is 0 Å². The molecule has 1 aliphatic rings. The van der Waals surface area contributed by atoms with E-state index in [0.717, 1.165) is 12.8 Å². The van der Waals surface area contributed by atoms with Gasteiger partial charge in [0.05, 0.1) is 33.5 Å². The number of amides is 1. The molecule has 1 aliphatic heterocycles. The van der Waals surface area contributed by atoms with Crippen LogP contribution in [0.25, 0.3) is 11.0 Å². The van der Waals surface area contributed by atoms with Gasteiger partial charge in [0.1, 0.15) is 5.65 Å². The average Bonchev–Trinajstić information content (AvgIpc) is 3.15. The molecule has 1 amide bonds. The first kappa shape index (κ1) is 19.4. The van der Waals surface area contributed by atoms with E-state index in [1.165, 1.54) is 0 Å². The van der Waals surface area contributed by atoms with Crippen LogP contribution < -0.4 is 10.6 Å². The maximum Gasteiger partial charge on any atom is 0.211 e. The fourth-order valence-electron chi connectivity index (χ4n) is 3.62. The van der Waals surface area contributed by atoms with Gasteiger partial charge < -0.3 is 20.4 Å². The van der Waals surface area contributed by atoms with Gasteiger partial charge in [-0.15, -0.1) is 0 Å². The largest absolute Gasteiger partial charge is 0.381 e. The molecule has 3 aromatic rings. The fraction of sp³-hybridized carbons (Fsp3) is 0.286. The Morgan fingerprint density at radius 1 is 1.28 bits per heavy atom. The van der Waals surface area contributed by atoms with E-state index < -0.39 is 0 Å². The van der Waals surface area contributed by atoms with Crippen molar-refractivity contribution >= 4 is 46.2 Å². The zero-order valence-electron chi connectivity index (χ0n) is 15.9. The number of rotatable bonds is 6. The monoisotopic (exact) mass is 412 g/mol. The van der Waals surface area contributed by atoms with Crippen molar-refractivity contribution in [3.05, 3.63) is 52.8 Å². The van der Waals surface area contributed by atoms with Gasteiger partial charge in [-0.05, 0) is 31.9 Å². The van der Waals surface area contributed by atoms with Crippen LogP contribution in [0.2, 0.25) is 5.02 Å². The molecular weight excluding hydrogens is 392 g/mol. The number of benzene rings is 1. The number of hydrogen-bond donors (Lipinski definition) is 3. The Bertz CT molecular complexity index is 1070. The molecule has 1 aromatic carbocycles. The van der Waals surface area contributed by atoms with Crippen LogP contribution in [0.1, 0.15) is 35.7 Å². The van der Waals surface area contributed by atoms with E-state index in [-0.39, 0.29) is 11.3 Å². The van der Waals surface area contributed by atoms with E-state index >= 15 is 0 Å². The van der Waals surface area contributed by atoms with Crippen molar-refractivity contribution in [2.24, 2.45) is 0 Å². The molecule has 3 heterocycles. The molecule has 2 aromatic heterocycles. The van der Waals surface area contributed by atoms with Gasteiger partial charge in [0.2, 0.25) is 6.41 Å². The van der Waals surface area contributed by atoms with Crippen LogP contribution in [0.5, 0.6) is 0 Å². The Morgan fingerprint density at radius 3 is 2.76 bits per heavy atom. The van der Waals surface area contributed by atoms with Crippen molar-refractivity contribution in [2.45, 2.75) is 25.3 Å². The minimum Gasteiger partial charge on any atom is -0.381 e. The van der Waals surface area contributed by atoms with Crippen LogP contribution in [0, 0.1) is 0 Å². The van der Waals surface area contributed by atoms with E-state index in [0.29, 0.717) is 58.2 Å². The summed E-state index contributed by atoms with van der Waals surface area (Å²) in [6.07, 6.45) is 5.40. The third-order valence-corrected chi connectivity index (χ3v) is 5.63. The predicted octanol–water partition coefficient (Wildman–Crippen LogP) is 4.00. The number of fused-ring (bicyclic) bond motifs is 1. The lowest BCUT2D eigenvalue weighted by Gasteiger charge is -2.36. The van der Waals surface area contributed by atoms with Crippen LogP contribution >= 0.6 is 11.6 Å². The highest BCUT2D eigenvalue weighted by atomic mass is 35.5. The summed E-state index contributed by atoms with van der Waals surface area (Å²) in [5, 5.41) is 7.25. The molecule has 4 rings (SSSR count). The minimum atomic E-state index is -0.242. The van der Waals surface area contributed by atoms with Gasteiger partial charge in [0.15, 0.2) is 5.78 Å². The lowest BCUT2D eigenvalue weighted by atomic mass is 9.91. The van der Waals surface area contributed by atoms with Crippen LogP contribution in [-0.2, 0) is 9.53 Å². The lowest BCUT2D eigenvalue weighted by Crippen LogP contribution is -2.40. The molecule has 0 atom stereocenters. The van der Waals surface area contributed by atoms with Gasteiger partial charge >= 0.3 is 0 Å². The number of ketones is 1. The first-order chi connectivity index (χ1) is 14.0. The number of carbonyl (C=O) groups excluding carboxylic acids is 2. The molecule has 8 heteroatoms. The van der Waals surface area contributed by atoms with E-state index in [1.54, 1.807) is 36.7 Å². The SMILES string of the molecule is CC1(Nc2c(NC=O)cnc3[nH]cc(C(=O)c4ccccc4Cl)c23)CCOCC1. The molecule has 0 spiro atoms. The zero-order valence-corrected chi connectivity index (χ0v) is 16.7. The number of nitrogens with zero attached hydrogens (tertiary/aromatic N) is 1. The minimum absolute atomic E-state index is 0.216. The van der Waals surface area contributed by atoms with Crippen LogP contribution in [0.4, 0.5) is 11.4 Å². The predicted molar refractivity (Wildman–Crippen MR) is 113 cm³/mol. The number of pyridine rings is 1. The van der Waals surface area contributed by atoms with Crippen LogP contribution in [-0.4, -0.2) is 40.9 Å². The molecule has 0 radical (unpaired) electrons. The molecule has 1 fully saturated rings. The highest BCUT2D eigenvalue weighted by molar-refractivity contribution is 6.35. The highest BCUT2D eigenvalue weighted by Crippen LogP contribution is 2.37. The van der Waals surface area contributed by atoms with Crippen molar-refractivity contribution < 1.29 is 14.3 Å². The topological polar surface area (TPSA) is 96.1 Å². The van der Waals surface area contributed by atoms with E-state index in [1.807, 2.05) is 0 Å². The quantitative estimate of drug-likeness (QED) is 0.420. The Balaban J connectivity index is 1.86. The van der Waals surface area contributed by atoms with Crippen molar-refractivity contribution in [1.29, 1.82) is 0 Å². The van der Waals surface area contributed by atoms with Crippen molar-refractivity contribution in [1.82, 2.24) is 9.97 Å². The maximum absolute atomic E-state index is 13.3. The van der Waals surface area contributed by atoms with Gasteiger partial charge in [0.25, 0.3) is 0 Å². The summed E-state index contributed by atoms with van der Waals surface area (Å²) in [4.78, 5) is 31.9. The number of aromatic amines is 1. The Labute approximate surface area is 172 Å².